The van der Waals surface area contributed by atoms with Crippen LogP contribution in [0.4, 0.5) is 11.8 Å². The molecule has 5 aromatic heterocycles. The van der Waals surface area contributed by atoms with E-state index in [1.807, 2.05) is 0 Å². The lowest BCUT2D eigenvalue weighted by atomic mass is 10.1. The summed E-state index contributed by atoms with van der Waals surface area (Å²) in [5.74, 6) is 0.486. The van der Waals surface area contributed by atoms with Crippen molar-refractivity contribution in [2.24, 2.45) is 7.05 Å². The Hall–Kier alpha value is -5.30. The number of anilines is 2. The van der Waals surface area contributed by atoms with Gasteiger partial charge in [-0.05, 0) is 0 Å². The number of nitrogens with zero attached hydrogens (tertiary/aromatic N) is 8. The Morgan fingerprint density at radius 3 is 2.12 bits per heavy atom. The second kappa shape index (κ2) is 17.9. The van der Waals surface area contributed by atoms with Crippen LogP contribution in [0, 0.1) is 0 Å². The Balaban J connectivity index is 0.000000149. The fraction of sp³-hybridized carbons (Fsp3) is 0.562. The van der Waals surface area contributed by atoms with Crippen LogP contribution in [0.25, 0.3) is 22.3 Å². The minimum absolute atomic E-state index is 0.0702. The number of imidazole rings is 2. The number of aromatic amines is 2. The lowest BCUT2D eigenvalue weighted by Gasteiger charge is -2.19. The van der Waals surface area contributed by atoms with Crippen molar-refractivity contribution in [3.8, 4) is 0 Å². The molecule has 0 saturated carbocycles. The predicted octanol–water partition coefficient (Wildman–Crippen LogP) is -6.98. The Bertz CT molecular complexity index is 2400. The summed E-state index contributed by atoms with van der Waals surface area (Å²) in [6.45, 7) is -1.20. The number of nitrogens with one attached hydrogen (secondary N) is 3. The van der Waals surface area contributed by atoms with Gasteiger partial charge in [-0.1, -0.05) is 4.98 Å². The third-order valence-electron chi connectivity index (χ3n) is 9.86. The first-order valence-corrected chi connectivity index (χ1v) is 17.8. The summed E-state index contributed by atoms with van der Waals surface area (Å²) in [7, 11) is 4.71. The molecule has 0 aliphatic carbocycles. The van der Waals surface area contributed by atoms with Gasteiger partial charge in [0.05, 0.1) is 33.2 Å². The number of H-pyrrole nitrogens is 2. The number of nitrogens with two attached hydrogens (primary N) is 1. The maximum atomic E-state index is 11.9. The number of aliphatic hydroxyl groups is 8. The van der Waals surface area contributed by atoms with E-state index in [0.29, 0.717) is 17.0 Å². The number of rotatable bonds is 8. The lowest BCUT2D eigenvalue weighted by molar-refractivity contribution is -0.745. The molecule has 27 heteroatoms. The average Bonchev–Trinajstić information content (AvgIpc) is 4.01. The van der Waals surface area contributed by atoms with Gasteiger partial charge in [0.25, 0.3) is 17.1 Å². The van der Waals surface area contributed by atoms with Crippen molar-refractivity contribution in [3.05, 3.63) is 62.4 Å². The molecule has 27 nitrogen and oxygen atoms in total. The highest BCUT2D eigenvalue weighted by atomic mass is 16.6. The molecule has 59 heavy (non-hydrogen) atoms. The van der Waals surface area contributed by atoms with E-state index in [-0.39, 0.29) is 23.7 Å². The van der Waals surface area contributed by atoms with Gasteiger partial charge in [-0.3, -0.25) is 33.3 Å². The Morgan fingerprint density at radius 1 is 0.864 bits per heavy atom. The van der Waals surface area contributed by atoms with Gasteiger partial charge in [0, 0.05) is 26.4 Å². The molecule has 13 N–H and O–H groups in total. The summed E-state index contributed by atoms with van der Waals surface area (Å²) in [6, 6.07) is 1.16. The molecule has 0 unspecified atom stereocenters. The molecule has 0 aromatic carbocycles. The molecule has 3 saturated heterocycles. The number of nitrogen functional groups attached to an aromatic ring is 1. The minimum atomic E-state index is -1.26. The Kier molecular flexibility index (Phi) is 13.1. The van der Waals surface area contributed by atoms with Gasteiger partial charge in [0.1, 0.15) is 66.8 Å². The molecule has 322 valence electrons. The van der Waals surface area contributed by atoms with Gasteiger partial charge in [-0.15, -0.1) is 0 Å². The van der Waals surface area contributed by atoms with Gasteiger partial charge < -0.3 is 70.9 Å². The first-order chi connectivity index (χ1) is 28.2. The standard InChI is InChI=1S/C11H15N5O5.C11H15N5O4.C10H14N2O6/c1-15-3-16(8-5(15)9(20)14-11(12)13-8)10-7(19)6(18)4(2-17)21-10;1-12-9-6-10(14-3-13-9)16(4-15-6)11-8(19)7(18)5(2-17)20-11;1-17-8-7(15)5(4-13)18-9(8)12-3-2-6(14)11-10(12)16/h3-4,6-7,10,17-19H,2H2,1H3,(H2-,12,13,14,20);3-5,7-8,11,17-19H,2H2,1H3,(H,12,13,14);2-3,5,7-9,13,15H,4H2,1H3,(H,11,14,16)/p+1/t4-,6-,7-,10-;5-,7-,8-,11-;5-,7-,8-,9-/m111/s1. The van der Waals surface area contributed by atoms with Crippen LogP contribution in [-0.2, 0) is 26.0 Å². The van der Waals surface area contributed by atoms with Gasteiger partial charge in [0.2, 0.25) is 11.7 Å². The third-order valence-corrected chi connectivity index (χ3v) is 9.86. The van der Waals surface area contributed by atoms with Crippen LogP contribution in [0.3, 0.4) is 0 Å². The van der Waals surface area contributed by atoms with E-state index in [0.717, 1.165) is 10.6 Å². The highest BCUT2D eigenvalue weighted by Gasteiger charge is 2.47. The van der Waals surface area contributed by atoms with E-state index >= 15 is 0 Å². The zero-order valence-corrected chi connectivity index (χ0v) is 31.5. The highest BCUT2D eigenvalue weighted by molar-refractivity contribution is 5.82. The molecule has 0 radical (unpaired) electrons. The molecule has 0 bridgehead atoms. The van der Waals surface area contributed by atoms with E-state index in [1.165, 1.54) is 46.0 Å². The molecule has 5 aromatic rings. The molecule has 3 fully saturated rings. The number of methoxy groups -OCH3 is 1. The summed E-state index contributed by atoms with van der Waals surface area (Å²) in [6.07, 6.45) is -6.40. The fourth-order valence-electron chi connectivity index (χ4n) is 6.87. The number of aliphatic hydroxyl groups excluding tert-OH is 8. The van der Waals surface area contributed by atoms with Crippen LogP contribution >= 0.6 is 0 Å². The van der Waals surface area contributed by atoms with Crippen molar-refractivity contribution in [3.63, 3.8) is 0 Å². The number of ether oxygens (including phenoxy) is 4. The van der Waals surface area contributed by atoms with E-state index < -0.39 is 104 Å². The molecular formula is C32H45N12O15+. The van der Waals surface area contributed by atoms with Crippen LogP contribution < -0.4 is 32.4 Å². The zero-order valence-electron chi connectivity index (χ0n) is 31.5. The number of hydrogen-bond donors (Lipinski definition) is 12. The van der Waals surface area contributed by atoms with Crippen molar-refractivity contribution < 1.29 is 64.4 Å². The fourth-order valence-corrected chi connectivity index (χ4v) is 6.87. The molecule has 0 amide bonds. The number of aromatic nitrogens is 10. The molecule has 0 spiro atoms. The Labute approximate surface area is 330 Å². The van der Waals surface area contributed by atoms with Gasteiger partial charge in [-0.2, -0.15) is 0 Å². The van der Waals surface area contributed by atoms with Crippen molar-refractivity contribution in [1.82, 2.24) is 43.6 Å². The second-order valence-corrected chi connectivity index (χ2v) is 13.5. The first-order valence-electron chi connectivity index (χ1n) is 17.8. The van der Waals surface area contributed by atoms with E-state index in [1.54, 1.807) is 14.1 Å². The van der Waals surface area contributed by atoms with Crippen LogP contribution in [0.2, 0.25) is 0 Å². The van der Waals surface area contributed by atoms with Crippen molar-refractivity contribution in [2.75, 3.05) is 45.0 Å². The summed E-state index contributed by atoms with van der Waals surface area (Å²) < 4.78 is 26.8. The smallest absolute Gasteiger partial charge is 0.330 e. The molecule has 3 aliphatic heterocycles. The summed E-state index contributed by atoms with van der Waals surface area (Å²) in [4.78, 5) is 55.3. The van der Waals surface area contributed by atoms with Gasteiger partial charge >= 0.3 is 11.3 Å². The predicted molar refractivity (Wildman–Crippen MR) is 196 cm³/mol. The van der Waals surface area contributed by atoms with Crippen molar-refractivity contribution in [2.45, 2.75) is 73.6 Å². The topological polar surface area (TPSA) is 390 Å². The van der Waals surface area contributed by atoms with Crippen LogP contribution in [0.5, 0.6) is 0 Å². The monoisotopic (exact) mass is 837 g/mol. The van der Waals surface area contributed by atoms with E-state index in [2.05, 4.69) is 35.2 Å². The summed E-state index contributed by atoms with van der Waals surface area (Å²) >= 11 is 0. The minimum Gasteiger partial charge on any atom is -0.394 e. The lowest BCUT2D eigenvalue weighted by Crippen LogP contribution is -2.46. The molecule has 8 rings (SSSR count). The van der Waals surface area contributed by atoms with E-state index in [9.17, 15) is 39.9 Å². The van der Waals surface area contributed by atoms with Crippen molar-refractivity contribution >= 4 is 34.1 Å². The molecular weight excluding hydrogens is 792 g/mol. The van der Waals surface area contributed by atoms with Gasteiger partial charge in [0.15, 0.2) is 30.2 Å². The molecule has 12 atom stereocenters. The summed E-state index contributed by atoms with van der Waals surface area (Å²) in [5.41, 5.74) is 5.39. The number of hydrogen-bond acceptors (Lipinski definition) is 21. The highest BCUT2D eigenvalue weighted by Crippen LogP contribution is 2.32. The molecule has 3 aliphatic rings. The van der Waals surface area contributed by atoms with E-state index in [4.69, 9.17) is 40.0 Å². The van der Waals surface area contributed by atoms with Crippen LogP contribution in [0.15, 0.2) is 45.6 Å². The summed E-state index contributed by atoms with van der Waals surface area (Å²) in [5, 5.41) is 79.7. The van der Waals surface area contributed by atoms with Crippen LogP contribution in [-0.4, -0.2) is 173 Å². The number of fused-ring (bicyclic) bond motifs is 2. The van der Waals surface area contributed by atoms with Crippen molar-refractivity contribution in [1.29, 1.82) is 0 Å². The maximum Gasteiger partial charge on any atom is 0.330 e. The average molecular weight is 838 g/mol. The first kappa shape index (κ1) is 43.3. The Morgan fingerprint density at radius 2 is 1.51 bits per heavy atom. The SMILES string of the molecule is CNc1ncnc2c1ncn2[C@@H]1O[C@H](CO)[C@@H](O)[C@H]1O.CO[C@@H]1[C@H](O)[C@@H](CO)O[C@H]1n1ccc(=O)[nH]c1=O.Cn1c[n+]([C@@H]2O[C@H](CO)[C@@H](O)[C@H]2O)c2nc(N)[nH]c(=O)c21. The largest absolute Gasteiger partial charge is 0.394 e. The normalized spacial score (nSPS) is 30.3. The molecule has 8 heterocycles. The zero-order chi connectivity index (χ0) is 42.9. The maximum absolute atomic E-state index is 11.9. The number of aryl methyl sites for hydroxylation is 1. The van der Waals surface area contributed by atoms with Gasteiger partial charge in [-0.25, -0.2) is 24.3 Å². The van der Waals surface area contributed by atoms with Crippen LogP contribution in [0.1, 0.15) is 18.7 Å². The quantitative estimate of drug-likeness (QED) is 0.0646. The second-order valence-electron chi connectivity index (χ2n) is 13.5. The third kappa shape index (κ3) is 8.18.